The third-order valence-corrected chi connectivity index (χ3v) is 5.35. The zero-order valence-electron chi connectivity index (χ0n) is 15.8. The van der Waals surface area contributed by atoms with Gasteiger partial charge in [-0.3, -0.25) is 9.69 Å². The molecule has 1 saturated carbocycles. The fourth-order valence-electron chi connectivity index (χ4n) is 3.63. The SMILES string of the molecule is CC(c1ccc(Cl)cc1)N(CC(=O)OC(=O)Oc1ccccc1)C1CCCC1. The molecule has 1 aliphatic rings. The molecule has 148 valence electrons. The molecule has 0 aliphatic heterocycles. The molecule has 28 heavy (non-hydrogen) atoms. The summed E-state index contributed by atoms with van der Waals surface area (Å²) in [5.41, 5.74) is 1.07. The lowest BCUT2D eigenvalue weighted by molar-refractivity contribution is -0.141. The van der Waals surface area contributed by atoms with Crippen LogP contribution >= 0.6 is 11.6 Å². The largest absolute Gasteiger partial charge is 0.521 e. The van der Waals surface area contributed by atoms with Crippen LogP contribution in [0.2, 0.25) is 5.02 Å². The smallest absolute Gasteiger partial charge is 0.395 e. The van der Waals surface area contributed by atoms with Gasteiger partial charge in [-0.25, -0.2) is 4.79 Å². The average Bonchev–Trinajstić information content (AvgIpc) is 3.21. The molecule has 1 aliphatic carbocycles. The molecule has 0 saturated heterocycles. The molecule has 5 nitrogen and oxygen atoms in total. The van der Waals surface area contributed by atoms with Crippen molar-refractivity contribution >= 4 is 23.7 Å². The first-order valence-electron chi connectivity index (χ1n) is 9.51. The standard InChI is InChI=1S/C22H24ClNO4/c1-16(17-11-13-18(23)14-12-17)24(19-7-5-6-8-19)15-21(25)28-22(26)27-20-9-3-2-4-10-20/h2-4,9-14,16,19H,5-8,15H2,1H3. The quantitative estimate of drug-likeness (QED) is 0.369. The minimum atomic E-state index is -1.01. The highest BCUT2D eigenvalue weighted by Crippen LogP contribution is 2.31. The second kappa shape index (κ2) is 9.71. The summed E-state index contributed by atoms with van der Waals surface area (Å²) in [7, 11) is 0. The van der Waals surface area contributed by atoms with E-state index in [0.29, 0.717) is 10.8 Å². The molecule has 0 bridgehead atoms. The lowest BCUT2D eigenvalue weighted by Gasteiger charge is -2.33. The maximum absolute atomic E-state index is 12.4. The summed E-state index contributed by atoms with van der Waals surface area (Å²) in [4.78, 5) is 26.4. The maximum Gasteiger partial charge on any atom is 0.521 e. The van der Waals surface area contributed by atoms with E-state index in [1.165, 1.54) is 0 Å². The molecule has 0 aromatic heterocycles. The van der Waals surface area contributed by atoms with Crippen LogP contribution in [-0.4, -0.2) is 29.6 Å². The van der Waals surface area contributed by atoms with Crippen LogP contribution in [0.3, 0.4) is 0 Å². The number of nitrogens with zero attached hydrogens (tertiary/aromatic N) is 1. The number of halogens is 1. The van der Waals surface area contributed by atoms with Gasteiger partial charge in [0.25, 0.3) is 0 Å². The molecule has 3 rings (SSSR count). The fraction of sp³-hybridized carbons (Fsp3) is 0.364. The number of benzene rings is 2. The van der Waals surface area contributed by atoms with Gasteiger partial charge in [-0.1, -0.05) is 54.8 Å². The molecule has 0 N–H and O–H groups in total. The van der Waals surface area contributed by atoms with E-state index in [4.69, 9.17) is 21.1 Å². The van der Waals surface area contributed by atoms with E-state index in [0.717, 1.165) is 31.2 Å². The van der Waals surface area contributed by atoms with Crippen LogP contribution in [0.5, 0.6) is 5.75 Å². The second-order valence-corrected chi connectivity index (χ2v) is 7.41. The van der Waals surface area contributed by atoms with Crippen LogP contribution in [0.25, 0.3) is 0 Å². The molecule has 1 unspecified atom stereocenters. The van der Waals surface area contributed by atoms with E-state index in [2.05, 4.69) is 11.8 Å². The van der Waals surface area contributed by atoms with E-state index < -0.39 is 12.1 Å². The number of carbonyl (C=O) groups is 2. The summed E-state index contributed by atoms with van der Waals surface area (Å²) < 4.78 is 9.92. The molecular formula is C22H24ClNO4. The topological polar surface area (TPSA) is 55.8 Å². The highest BCUT2D eigenvalue weighted by atomic mass is 35.5. The van der Waals surface area contributed by atoms with Crippen molar-refractivity contribution in [2.45, 2.75) is 44.7 Å². The van der Waals surface area contributed by atoms with Crippen molar-refractivity contribution in [3.63, 3.8) is 0 Å². The summed E-state index contributed by atoms with van der Waals surface area (Å²) in [6.45, 7) is 2.08. The lowest BCUT2D eigenvalue weighted by Crippen LogP contribution is -2.40. The monoisotopic (exact) mass is 401 g/mol. The Morgan fingerprint density at radius 1 is 1.07 bits per heavy atom. The van der Waals surface area contributed by atoms with Crippen LogP contribution in [-0.2, 0) is 9.53 Å². The first-order chi connectivity index (χ1) is 13.5. The minimum Gasteiger partial charge on any atom is -0.395 e. The Kier molecular flexibility index (Phi) is 7.06. The van der Waals surface area contributed by atoms with Crippen LogP contribution in [0.1, 0.15) is 44.2 Å². The summed E-state index contributed by atoms with van der Waals surface area (Å²) in [6, 6.07) is 16.4. The molecule has 0 heterocycles. The van der Waals surface area contributed by atoms with Crippen molar-refractivity contribution in [2.24, 2.45) is 0 Å². The van der Waals surface area contributed by atoms with E-state index >= 15 is 0 Å². The van der Waals surface area contributed by atoms with Crippen molar-refractivity contribution < 1.29 is 19.1 Å². The third kappa shape index (κ3) is 5.57. The molecule has 0 amide bonds. The number of hydrogen-bond acceptors (Lipinski definition) is 5. The Balaban J connectivity index is 1.64. The molecule has 1 atom stereocenters. The number of ether oxygens (including phenoxy) is 2. The van der Waals surface area contributed by atoms with E-state index in [1.807, 2.05) is 24.3 Å². The number of rotatable bonds is 6. The zero-order chi connectivity index (χ0) is 19.9. The Morgan fingerprint density at radius 2 is 1.71 bits per heavy atom. The number of para-hydroxylation sites is 1. The summed E-state index contributed by atoms with van der Waals surface area (Å²) >= 11 is 5.99. The predicted octanol–water partition coefficient (Wildman–Crippen LogP) is 5.39. The van der Waals surface area contributed by atoms with Crippen molar-refractivity contribution in [3.05, 3.63) is 65.2 Å². The molecule has 6 heteroatoms. The van der Waals surface area contributed by atoms with Crippen LogP contribution in [0.4, 0.5) is 4.79 Å². The van der Waals surface area contributed by atoms with Gasteiger partial charge in [-0.05, 0) is 49.6 Å². The molecule has 1 fully saturated rings. The van der Waals surface area contributed by atoms with Gasteiger partial charge in [-0.2, -0.15) is 0 Å². The normalized spacial score (nSPS) is 15.4. The highest BCUT2D eigenvalue weighted by Gasteiger charge is 2.30. The van der Waals surface area contributed by atoms with Crippen molar-refractivity contribution in [3.8, 4) is 5.75 Å². The number of esters is 1. The van der Waals surface area contributed by atoms with Gasteiger partial charge in [0.05, 0.1) is 6.54 Å². The van der Waals surface area contributed by atoms with Gasteiger partial charge in [0, 0.05) is 17.1 Å². The van der Waals surface area contributed by atoms with E-state index in [-0.39, 0.29) is 18.6 Å². The molecular weight excluding hydrogens is 378 g/mol. The molecule has 0 spiro atoms. The van der Waals surface area contributed by atoms with Gasteiger partial charge in [0.2, 0.25) is 0 Å². The Morgan fingerprint density at radius 3 is 2.36 bits per heavy atom. The summed E-state index contributed by atoms with van der Waals surface area (Å²) in [6.07, 6.45) is 3.32. The van der Waals surface area contributed by atoms with Crippen molar-refractivity contribution in [1.82, 2.24) is 4.90 Å². The van der Waals surface area contributed by atoms with Crippen LogP contribution in [0, 0.1) is 0 Å². The first-order valence-corrected chi connectivity index (χ1v) is 9.89. The van der Waals surface area contributed by atoms with E-state index in [1.54, 1.807) is 30.3 Å². The van der Waals surface area contributed by atoms with Gasteiger partial charge < -0.3 is 9.47 Å². The van der Waals surface area contributed by atoms with Crippen LogP contribution in [0.15, 0.2) is 54.6 Å². The fourth-order valence-corrected chi connectivity index (χ4v) is 3.76. The average molecular weight is 402 g/mol. The Hall–Kier alpha value is -2.37. The maximum atomic E-state index is 12.4. The third-order valence-electron chi connectivity index (χ3n) is 5.10. The Labute approximate surface area is 170 Å². The van der Waals surface area contributed by atoms with Gasteiger partial charge >= 0.3 is 12.1 Å². The molecule has 2 aromatic rings. The van der Waals surface area contributed by atoms with Gasteiger partial charge in [0.1, 0.15) is 5.75 Å². The second-order valence-electron chi connectivity index (χ2n) is 6.98. The molecule has 0 radical (unpaired) electrons. The summed E-state index contributed by atoms with van der Waals surface area (Å²) in [5, 5.41) is 0.673. The van der Waals surface area contributed by atoms with Crippen molar-refractivity contribution in [1.29, 1.82) is 0 Å². The molecule has 2 aromatic carbocycles. The summed E-state index contributed by atoms with van der Waals surface area (Å²) in [5.74, 6) is -0.281. The van der Waals surface area contributed by atoms with Crippen molar-refractivity contribution in [2.75, 3.05) is 6.54 Å². The number of carbonyl (C=O) groups excluding carboxylic acids is 2. The minimum absolute atomic E-state index is 0.00180. The Bertz CT molecular complexity index is 788. The first kappa shape index (κ1) is 20.4. The zero-order valence-corrected chi connectivity index (χ0v) is 16.6. The van der Waals surface area contributed by atoms with E-state index in [9.17, 15) is 9.59 Å². The van der Waals surface area contributed by atoms with Gasteiger partial charge in [0.15, 0.2) is 0 Å². The van der Waals surface area contributed by atoms with Gasteiger partial charge in [-0.15, -0.1) is 0 Å². The number of hydrogen-bond donors (Lipinski definition) is 0. The lowest BCUT2D eigenvalue weighted by atomic mass is 10.0. The van der Waals surface area contributed by atoms with Crippen LogP contribution < -0.4 is 4.74 Å². The predicted molar refractivity (Wildman–Crippen MR) is 107 cm³/mol. The highest BCUT2D eigenvalue weighted by molar-refractivity contribution is 6.30.